The molecule has 1 heterocycles. The number of hydrogen-bond acceptors (Lipinski definition) is 2. The second kappa shape index (κ2) is 6.71. The highest BCUT2D eigenvalue weighted by atomic mass is 16.2. The molecule has 1 unspecified atom stereocenters. The Morgan fingerprint density at radius 2 is 1.91 bits per heavy atom. The van der Waals surface area contributed by atoms with Crippen molar-refractivity contribution < 1.29 is 14.5 Å². The van der Waals surface area contributed by atoms with E-state index < -0.39 is 0 Å². The minimum atomic E-state index is -0.274. The lowest BCUT2D eigenvalue weighted by Gasteiger charge is -2.24. The summed E-state index contributed by atoms with van der Waals surface area (Å²) in [5, 5.41) is 2.67. The first-order valence-corrected chi connectivity index (χ1v) is 8.21. The smallest absolute Gasteiger partial charge is 0.324 e. The Labute approximate surface area is 138 Å². The number of urea groups is 1. The fourth-order valence-electron chi connectivity index (χ4n) is 2.72. The first-order valence-electron chi connectivity index (χ1n) is 8.21. The fourth-order valence-corrected chi connectivity index (χ4v) is 2.72. The SMILES string of the molecule is C[C@@H](C(=O)N1CCNC1=O)[NH+](C)Cc1ccc(C(C)(C)C)cc1. The van der Waals surface area contributed by atoms with Gasteiger partial charge in [0.25, 0.3) is 5.91 Å². The zero-order valence-corrected chi connectivity index (χ0v) is 14.8. The quantitative estimate of drug-likeness (QED) is 0.868. The van der Waals surface area contributed by atoms with Crippen molar-refractivity contribution in [3.8, 4) is 0 Å². The number of nitrogens with zero attached hydrogens (tertiary/aromatic N) is 1. The molecule has 5 heteroatoms. The van der Waals surface area contributed by atoms with Crippen LogP contribution in [0.4, 0.5) is 4.79 Å². The molecule has 2 N–H and O–H groups in total. The van der Waals surface area contributed by atoms with Crippen LogP contribution in [0, 0.1) is 0 Å². The van der Waals surface area contributed by atoms with E-state index in [0.29, 0.717) is 13.1 Å². The Hall–Kier alpha value is -1.88. The minimum absolute atomic E-state index is 0.108. The van der Waals surface area contributed by atoms with Crippen LogP contribution in [0.15, 0.2) is 24.3 Å². The number of amides is 3. The third kappa shape index (κ3) is 4.10. The summed E-state index contributed by atoms with van der Waals surface area (Å²) in [6.07, 6.45) is 0. The number of benzene rings is 1. The third-order valence-corrected chi connectivity index (χ3v) is 4.54. The van der Waals surface area contributed by atoms with Crippen molar-refractivity contribution in [3.63, 3.8) is 0 Å². The van der Waals surface area contributed by atoms with E-state index in [0.717, 1.165) is 11.4 Å². The van der Waals surface area contributed by atoms with Gasteiger partial charge in [-0.25, -0.2) is 4.79 Å². The van der Waals surface area contributed by atoms with Gasteiger partial charge < -0.3 is 10.2 Å². The van der Waals surface area contributed by atoms with Gasteiger partial charge in [0.2, 0.25) is 0 Å². The molecule has 0 radical (unpaired) electrons. The summed E-state index contributed by atoms with van der Waals surface area (Å²) in [5.41, 5.74) is 2.64. The molecule has 1 aliphatic heterocycles. The predicted molar refractivity (Wildman–Crippen MR) is 90.3 cm³/mol. The van der Waals surface area contributed by atoms with Crippen LogP contribution >= 0.6 is 0 Å². The zero-order valence-electron chi connectivity index (χ0n) is 14.8. The van der Waals surface area contributed by atoms with Crippen molar-refractivity contribution in [2.75, 3.05) is 20.1 Å². The largest absolute Gasteiger partial charge is 0.336 e. The van der Waals surface area contributed by atoms with E-state index in [1.165, 1.54) is 16.0 Å². The molecule has 0 bridgehead atoms. The van der Waals surface area contributed by atoms with Crippen LogP contribution in [0.2, 0.25) is 0 Å². The number of carbonyl (C=O) groups excluding carboxylic acids is 2. The van der Waals surface area contributed by atoms with Crippen LogP contribution in [-0.4, -0.2) is 43.0 Å². The molecule has 1 aliphatic rings. The summed E-state index contributed by atoms with van der Waals surface area (Å²) in [7, 11) is 1.99. The number of hydrogen-bond donors (Lipinski definition) is 2. The van der Waals surface area contributed by atoms with E-state index >= 15 is 0 Å². The first-order chi connectivity index (χ1) is 10.7. The maximum absolute atomic E-state index is 12.4. The average Bonchev–Trinajstić information content (AvgIpc) is 2.91. The summed E-state index contributed by atoms with van der Waals surface area (Å²) in [4.78, 5) is 26.4. The van der Waals surface area contributed by atoms with Gasteiger partial charge in [0.15, 0.2) is 6.04 Å². The van der Waals surface area contributed by atoms with Crippen molar-refractivity contribution in [2.24, 2.45) is 0 Å². The predicted octanol–water partition coefficient (Wildman–Crippen LogP) is 0.939. The maximum atomic E-state index is 12.4. The van der Waals surface area contributed by atoms with Gasteiger partial charge in [0.05, 0.1) is 7.05 Å². The van der Waals surface area contributed by atoms with Gasteiger partial charge in [-0.3, -0.25) is 9.69 Å². The lowest BCUT2D eigenvalue weighted by atomic mass is 9.87. The van der Waals surface area contributed by atoms with Crippen molar-refractivity contribution in [1.82, 2.24) is 10.2 Å². The topological polar surface area (TPSA) is 53.9 Å². The van der Waals surface area contributed by atoms with Crippen LogP contribution in [0.3, 0.4) is 0 Å². The van der Waals surface area contributed by atoms with Gasteiger partial charge >= 0.3 is 6.03 Å². The van der Waals surface area contributed by atoms with E-state index in [9.17, 15) is 9.59 Å². The van der Waals surface area contributed by atoms with Crippen LogP contribution in [0.5, 0.6) is 0 Å². The number of rotatable bonds is 4. The second-order valence-electron chi connectivity index (χ2n) is 7.41. The van der Waals surface area contributed by atoms with Crippen LogP contribution in [0.1, 0.15) is 38.8 Å². The molecule has 1 aromatic rings. The molecule has 126 valence electrons. The Morgan fingerprint density at radius 1 is 1.30 bits per heavy atom. The lowest BCUT2D eigenvalue weighted by Crippen LogP contribution is -3.12. The molecule has 0 spiro atoms. The van der Waals surface area contributed by atoms with Crippen LogP contribution < -0.4 is 10.2 Å². The highest BCUT2D eigenvalue weighted by Gasteiger charge is 2.33. The standard InChI is InChI=1S/C18H27N3O2/c1-13(16(22)21-11-10-19-17(21)23)20(5)12-14-6-8-15(9-7-14)18(2,3)4/h6-9,13H,10-12H2,1-5H3,(H,19,23)/p+1/t13-/m0/s1. The van der Waals surface area contributed by atoms with E-state index in [-0.39, 0.29) is 23.4 Å². The molecular formula is C18H28N3O2+. The molecule has 3 amide bonds. The summed E-state index contributed by atoms with van der Waals surface area (Å²) < 4.78 is 0. The second-order valence-corrected chi connectivity index (χ2v) is 7.41. The Morgan fingerprint density at radius 3 is 2.39 bits per heavy atom. The average molecular weight is 318 g/mol. The number of imide groups is 1. The Kier molecular flexibility index (Phi) is 5.09. The van der Waals surface area contributed by atoms with Crippen LogP contribution in [-0.2, 0) is 16.8 Å². The Balaban J connectivity index is 1.99. The number of likely N-dealkylation sites (N-methyl/N-ethyl adjacent to an activating group) is 1. The van der Waals surface area contributed by atoms with Gasteiger partial charge in [-0.15, -0.1) is 0 Å². The molecule has 2 rings (SSSR count). The van der Waals surface area contributed by atoms with Crippen molar-refractivity contribution >= 4 is 11.9 Å². The van der Waals surface area contributed by atoms with Crippen molar-refractivity contribution in [1.29, 1.82) is 0 Å². The Bertz CT molecular complexity index is 575. The van der Waals surface area contributed by atoms with E-state index in [1.807, 2.05) is 14.0 Å². The van der Waals surface area contributed by atoms with Crippen LogP contribution in [0.25, 0.3) is 0 Å². The van der Waals surface area contributed by atoms with Crippen molar-refractivity contribution in [2.45, 2.75) is 45.7 Å². The molecule has 2 atom stereocenters. The van der Waals surface area contributed by atoms with Gasteiger partial charge in [-0.2, -0.15) is 0 Å². The van der Waals surface area contributed by atoms with Gasteiger partial charge in [-0.1, -0.05) is 45.0 Å². The minimum Gasteiger partial charge on any atom is -0.336 e. The normalized spacial score (nSPS) is 17.8. The van der Waals surface area contributed by atoms with E-state index in [4.69, 9.17) is 0 Å². The van der Waals surface area contributed by atoms with E-state index in [2.05, 4.69) is 50.4 Å². The summed E-state index contributed by atoms with van der Waals surface area (Å²) in [5.74, 6) is -0.108. The first kappa shape index (κ1) is 17.5. The number of carbonyl (C=O) groups is 2. The third-order valence-electron chi connectivity index (χ3n) is 4.54. The van der Waals surface area contributed by atoms with E-state index in [1.54, 1.807) is 0 Å². The molecule has 1 saturated heterocycles. The van der Waals surface area contributed by atoms with Gasteiger partial charge in [0, 0.05) is 18.7 Å². The molecule has 0 aromatic heterocycles. The van der Waals surface area contributed by atoms with Gasteiger partial charge in [-0.05, 0) is 17.9 Å². The lowest BCUT2D eigenvalue weighted by molar-refractivity contribution is -0.908. The summed E-state index contributed by atoms with van der Waals surface area (Å²) in [6.45, 7) is 10.2. The maximum Gasteiger partial charge on any atom is 0.324 e. The molecule has 1 fully saturated rings. The number of nitrogens with one attached hydrogen (secondary N) is 2. The number of quaternary nitrogens is 1. The zero-order chi connectivity index (χ0) is 17.2. The van der Waals surface area contributed by atoms with Crippen molar-refractivity contribution in [3.05, 3.63) is 35.4 Å². The molecule has 23 heavy (non-hydrogen) atoms. The molecule has 0 aliphatic carbocycles. The molecular weight excluding hydrogens is 290 g/mol. The molecule has 5 nitrogen and oxygen atoms in total. The monoisotopic (exact) mass is 318 g/mol. The molecule has 1 aromatic carbocycles. The highest BCUT2D eigenvalue weighted by Crippen LogP contribution is 2.21. The summed E-state index contributed by atoms with van der Waals surface area (Å²) >= 11 is 0. The fraction of sp³-hybridized carbons (Fsp3) is 0.556. The highest BCUT2D eigenvalue weighted by molar-refractivity contribution is 5.97. The summed E-state index contributed by atoms with van der Waals surface area (Å²) in [6, 6.07) is 8.05. The van der Waals surface area contributed by atoms with Gasteiger partial charge in [0.1, 0.15) is 6.54 Å². The molecule has 0 saturated carbocycles.